The molecule has 0 saturated carbocycles. The van der Waals surface area contributed by atoms with Crippen LogP contribution in [0.15, 0.2) is 48.8 Å². The number of fused-ring (bicyclic) bond motifs is 1. The first-order valence-electron chi connectivity index (χ1n) is 8.37. The van der Waals surface area contributed by atoms with E-state index in [1.807, 2.05) is 12.1 Å². The van der Waals surface area contributed by atoms with Crippen molar-refractivity contribution in [3.05, 3.63) is 65.6 Å². The summed E-state index contributed by atoms with van der Waals surface area (Å²) < 4.78 is 1.54. The summed E-state index contributed by atoms with van der Waals surface area (Å²) >= 11 is 0. The zero-order chi connectivity index (χ0) is 18.3. The van der Waals surface area contributed by atoms with E-state index in [1.165, 1.54) is 15.8 Å². The van der Waals surface area contributed by atoms with Crippen molar-refractivity contribution in [3.63, 3.8) is 0 Å². The summed E-state index contributed by atoms with van der Waals surface area (Å²) in [5.41, 5.74) is 7.47. The molecule has 26 heavy (non-hydrogen) atoms. The maximum atomic E-state index is 12.3. The summed E-state index contributed by atoms with van der Waals surface area (Å²) in [6.07, 6.45) is 3.26. The van der Waals surface area contributed by atoms with Crippen LogP contribution in [0.2, 0.25) is 0 Å². The number of hydrogen-bond donors (Lipinski definition) is 2. The lowest BCUT2D eigenvalue weighted by molar-refractivity contribution is 0.101. The van der Waals surface area contributed by atoms with E-state index < -0.39 is 0 Å². The number of benzene rings is 1. The Bertz CT molecular complexity index is 1120. The van der Waals surface area contributed by atoms with E-state index in [0.29, 0.717) is 11.4 Å². The molecule has 0 aliphatic carbocycles. The number of rotatable bonds is 3. The highest BCUT2D eigenvalue weighted by molar-refractivity contribution is 6.03. The minimum atomic E-state index is -0.215. The van der Waals surface area contributed by atoms with Crippen molar-refractivity contribution in [2.75, 3.05) is 5.32 Å². The number of aromatic nitrogens is 4. The SMILES string of the molecule is Cc1ccc(-c2cc3ncc(NC(=O)c4ccnn4C)cc3[nH]2)c(C)c1. The zero-order valence-electron chi connectivity index (χ0n) is 14.9. The average Bonchev–Trinajstić information content (AvgIpc) is 3.20. The van der Waals surface area contributed by atoms with Crippen LogP contribution < -0.4 is 5.32 Å². The minimum Gasteiger partial charge on any atom is -0.353 e. The number of H-pyrrole nitrogens is 1. The van der Waals surface area contributed by atoms with Crippen LogP contribution in [-0.4, -0.2) is 25.7 Å². The Kier molecular flexibility index (Phi) is 3.80. The van der Waals surface area contributed by atoms with Gasteiger partial charge in [0.25, 0.3) is 5.91 Å². The fourth-order valence-corrected chi connectivity index (χ4v) is 3.13. The molecule has 4 rings (SSSR count). The second-order valence-electron chi connectivity index (χ2n) is 6.45. The van der Waals surface area contributed by atoms with Gasteiger partial charge in [-0.2, -0.15) is 5.10 Å². The lowest BCUT2D eigenvalue weighted by Gasteiger charge is -2.05. The molecule has 0 unspecified atom stereocenters. The lowest BCUT2D eigenvalue weighted by atomic mass is 10.0. The molecular weight excluding hydrogens is 326 g/mol. The van der Waals surface area contributed by atoms with Crippen molar-refractivity contribution in [1.82, 2.24) is 19.7 Å². The quantitative estimate of drug-likeness (QED) is 0.592. The molecule has 3 aromatic heterocycles. The Morgan fingerprint density at radius 1 is 1.15 bits per heavy atom. The van der Waals surface area contributed by atoms with E-state index in [0.717, 1.165) is 22.3 Å². The molecule has 0 bridgehead atoms. The van der Waals surface area contributed by atoms with Gasteiger partial charge in [0.1, 0.15) is 5.69 Å². The van der Waals surface area contributed by atoms with Crippen molar-refractivity contribution < 1.29 is 4.79 Å². The van der Waals surface area contributed by atoms with Gasteiger partial charge in [-0.15, -0.1) is 0 Å². The topological polar surface area (TPSA) is 75.6 Å². The van der Waals surface area contributed by atoms with E-state index in [2.05, 4.69) is 52.4 Å². The van der Waals surface area contributed by atoms with Gasteiger partial charge >= 0.3 is 0 Å². The minimum absolute atomic E-state index is 0.215. The molecule has 0 saturated heterocycles. The standard InChI is InChI=1S/C20H19N5O/c1-12-4-5-15(13(2)8-12)16-10-17-18(24-16)9-14(11-21-17)23-20(26)19-6-7-22-25(19)3/h4-11,24H,1-3H3,(H,23,26). The smallest absolute Gasteiger partial charge is 0.273 e. The maximum Gasteiger partial charge on any atom is 0.273 e. The average molecular weight is 345 g/mol. The monoisotopic (exact) mass is 345 g/mol. The summed E-state index contributed by atoms with van der Waals surface area (Å²) in [5, 5.41) is 6.88. The van der Waals surface area contributed by atoms with Crippen LogP contribution in [0.5, 0.6) is 0 Å². The molecule has 0 atom stereocenters. The number of nitrogens with one attached hydrogen (secondary N) is 2. The fourth-order valence-electron chi connectivity index (χ4n) is 3.13. The molecule has 6 heteroatoms. The number of hydrogen-bond acceptors (Lipinski definition) is 3. The Labute approximate surface area is 150 Å². The summed E-state index contributed by atoms with van der Waals surface area (Å²) in [5.74, 6) is -0.215. The van der Waals surface area contributed by atoms with Gasteiger partial charge in [-0.05, 0) is 37.6 Å². The van der Waals surface area contributed by atoms with Crippen LogP contribution >= 0.6 is 0 Å². The van der Waals surface area contributed by atoms with Crippen molar-refractivity contribution in [2.24, 2.45) is 7.05 Å². The van der Waals surface area contributed by atoms with Gasteiger partial charge in [0.05, 0.1) is 22.9 Å². The third-order valence-corrected chi connectivity index (χ3v) is 4.45. The molecule has 1 amide bonds. The highest BCUT2D eigenvalue weighted by atomic mass is 16.2. The van der Waals surface area contributed by atoms with E-state index in [-0.39, 0.29) is 5.91 Å². The zero-order valence-corrected chi connectivity index (χ0v) is 14.9. The van der Waals surface area contributed by atoms with Gasteiger partial charge in [-0.3, -0.25) is 14.5 Å². The number of nitrogens with zero attached hydrogens (tertiary/aromatic N) is 3. The Hall–Kier alpha value is -3.41. The molecule has 130 valence electrons. The Morgan fingerprint density at radius 2 is 2.00 bits per heavy atom. The van der Waals surface area contributed by atoms with Gasteiger partial charge in [0.15, 0.2) is 0 Å². The summed E-state index contributed by atoms with van der Waals surface area (Å²) in [6.45, 7) is 4.18. The molecule has 3 heterocycles. The molecule has 2 N–H and O–H groups in total. The normalized spacial score (nSPS) is 11.0. The van der Waals surface area contributed by atoms with Crippen molar-refractivity contribution in [2.45, 2.75) is 13.8 Å². The predicted molar refractivity (Wildman–Crippen MR) is 102 cm³/mol. The molecule has 0 radical (unpaired) electrons. The molecule has 0 spiro atoms. The first-order valence-corrected chi connectivity index (χ1v) is 8.37. The number of aromatic amines is 1. The van der Waals surface area contributed by atoms with Crippen molar-refractivity contribution in [3.8, 4) is 11.3 Å². The third-order valence-electron chi connectivity index (χ3n) is 4.45. The Morgan fingerprint density at radius 3 is 2.73 bits per heavy atom. The van der Waals surface area contributed by atoms with Crippen molar-refractivity contribution >= 4 is 22.6 Å². The molecule has 4 aromatic rings. The number of carbonyl (C=O) groups excluding carboxylic acids is 1. The number of carbonyl (C=O) groups is 1. The molecule has 6 nitrogen and oxygen atoms in total. The molecule has 1 aromatic carbocycles. The molecule has 0 aliphatic heterocycles. The largest absolute Gasteiger partial charge is 0.353 e. The molecular formula is C20H19N5O. The molecule has 0 aliphatic rings. The van der Waals surface area contributed by atoms with E-state index in [9.17, 15) is 4.79 Å². The summed E-state index contributed by atoms with van der Waals surface area (Å²) in [7, 11) is 1.73. The second kappa shape index (κ2) is 6.15. The number of amides is 1. The highest BCUT2D eigenvalue weighted by Crippen LogP contribution is 2.27. The van der Waals surface area contributed by atoms with Gasteiger partial charge in [0, 0.05) is 24.5 Å². The van der Waals surface area contributed by atoms with Gasteiger partial charge in [-0.1, -0.05) is 23.8 Å². The van der Waals surface area contributed by atoms with Crippen LogP contribution in [0.3, 0.4) is 0 Å². The number of aryl methyl sites for hydroxylation is 3. The van der Waals surface area contributed by atoms with Crippen LogP contribution in [0.1, 0.15) is 21.6 Å². The summed E-state index contributed by atoms with van der Waals surface area (Å²) in [6, 6.07) is 12.0. The highest BCUT2D eigenvalue weighted by Gasteiger charge is 2.12. The van der Waals surface area contributed by atoms with Crippen LogP contribution in [0, 0.1) is 13.8 Å². The first kappa shape index (κ1) is 16.1. The van der Waals surface area contributed by atoms with Crippen molar-refractivity contribution in [1.29, 1.82) is 0 Å². The first-order chi connectivity index (χ1) is 12.5. The lowest BCUT2D eigenvalue weighted by Crippen LogP contribution is -2.16. The second-order valence-corrected chi connectivity index (χ2v) is 6.45. The third kappa shape index (κ3) is 2.86. The van der Waals surface area contributed by atoms with E-state index in [4.69, 9.17) is 0 Å². The van der Waals surface area contributed by atoms with Gasteiger partial charge < -0.3 is 10.3 Å². The van der Waals surface area contributed by atoms with Gasteiger partial charge in [0.2, 0.25) is 0 Å². The van der Waals surface area contributed by atoms with E-state index >= 15 is 0 Å². The van der Waals surface area contributed by atoms with E-state index in [1.54, 1.807) is 25.5 Å². The fraction of sp³-hybridized carbons (Fsp3) is 0.150. The van der Waals surface area contributed by atoms with Crippen LogP contribution in [0.4, 0.5) is 5.69 Å². The predicted octanol–water partition coefficient (Wildman–Crippen LogP) is 3.83. The maximum absolute atomic E-state index is 12.3. The summed E-state index contributed by atoms with van der Waals surface area (Å²) in [4.78, 5) is 20.2. The molecule has 0 fully saturated rings. The van der Waals surface area contributed by atoms with Crippen LogP contribution in [0.25, 0.3) is 22.3 Å². The van der Waals surface area contributed by atoms with Crippen LogP contribution in [-0.2, 0) is 7.05 Å². The number of anilines is 1. The Balaban J connectivity index is 1.66. The van der Waals surface area contributed by atoms with Gasteiger partial charge in [-0.25, -0.2) is 0 Å². The number of pyridine rings is 1.